The van der Waals surface area contributed by atoms with Gasteiger partial charge in [-0.1, -0.05) is 6.08 Å². The summed E-state index contributed by atoms with van der Waals surface area (Å²) in [7, 11) is 0. The Balaban J connectivity index is 2.38. The van der Waals surface area contributed by atoms with Crippen molar-refractivity contribution in [3.8, 4) is 0 Å². The Morgan fingerprint density at radius 2 is 2.45 bits per heavy atom. The molecule has 0 saturated heterocycles. The molecule has 11 heavy (non-hydrogen) atoms. The molecule has 0 aromatic rings. The van der Waals surface area contributed by atoms with Crippen LogP contribution >= 0.6 is 0 Å². The smallest absolute Gasteiger partial charge is 0.253 e. The van der Waals surface area contributed by atoms with Gasteiger partial charge in [0.15, 0.2) is 0 Å². The van der Waals surface area contributed by atoms with Crippen LogP contribution < -0.4 is 11.2 Å². The zero-order valence-corrected chi connectivity index (χ0v) is 5.74. The number of rotatable bonds is 0. The van der Waals surface area contributed by atoms with Gasteiger partial charge in [-0.15, -0.1) is 0 Å². The van der Waals surface area contributed by atoms with Crippen LogP contribution in [0.1, 0.15) is 0 Å². The summed E-state index contributed by atoms with van der Waals surface area (Å²) in [4.78, 5) is 11.0. The SMILES string of the molecule is NC1=CC2=NNC(=O)C2C=C1. The fourth-order valence-corrected chi connectivity index (χ4v) is 1.13. The van der Waals surface area contributed by atoms with E-state index in [1.807, 2.05) is 0 Å². The number of carbonyl (C=O) groups is 1. The van der Waals surface area contributed by atoms with E-state index in [-0.39, 0.29) is 11.8 Å². The maximum Gasteiger partial charge on any atom is 0.253 e. The van der Waals surface area contributed by atoms with Gasteiger partial charge in [0.05, 0.1) is 5.71 Å². The zero-order valence-electron chi connectivity index (χ0n) is 5.74. The lowest BCUT2D eigenvalue weighted by Crippen LogP contribution is -2.22. The topological polar surface area (TPSA) is 67.5 Å². The second-order valence-corrected chi connectivity index (χ2v) is 2.49. The molecule has 3 N–H and O–H groups in total. The van der Waals surface area contributed by atoms with Gasteiger partial charge in [0.2, 0.25) is 0 Å². The highest BCUT2D eigenvalue weighted by atomic mass is 16.2. The molecular formula is C7H7N3O. The van der Waals surface area contributed by atoms with E-state index < -0.39 is 0 Å². The monoisotopic (exact) mass is 149 g/mol. The molecule has 0 spiro atoms. The number of hydrazone groups is 1. The zero-order chi connectivity index (χ0) is 7.84. The minimum Gasteiger partial charge on any atom is -0.399 e. The van der Waals surface area contributed by atoms with E-state index in [2.05, 4.69) is 10.5 Å². The molecule has 1 aliphatic heterocycles. The van der Waals surface area contributed by atoms with Crippen molar-refractivity contribution in [2.75, 3.05) is 0 Å². The summed E-state index contributed by atoms with van der Waals surface area (Å²) in [6.07, 6.45) is 5.16. The molecule has 0 fully saturated rings. The van der Waals surface area contributed by atoms with Crippen LogP contribution in [0.2, 0.25) is 0 Å². The molecule has 4 heteroatoms. The van der Waals surface area contributed by atoms with E-state index in [4.69, 9.17) is 5.73 Å². The van der Waals surface area contributed by atoms with Crippen molar-refractivity contribution in [3.05, 3.63) is 23.9 Å². The predicted molar refractivity (Wildman–Crippen MR) is 40.5 cm³/mol. The van der Waals surface area contributed by atoms with Crippen LogP contribution in [0.4, 0.5) is 0 Å². The van der Waals surface area contributed by atoms with E-state index in [0.29, 0.717) is 11.4 Å². The molecule has 1 atom stereocenters. The Morgan fingerprint density at radius 3 is 3.27 bits per heavy atom. The number of hydrogen-bond donors (Lipinski definition) is 2. The second-order valence-electron chi connectivity index (χ2n) is 2.49. The minimum atomic E-state index is -0.220. The van der Waals surface area contributed by atoms with Crippen LogP contribution in [-0.2, 0) is 4.79 Å². The first-order chi connectivity index (χ1) is 5.27. The largest absolute Gasteiger partial charge is 0.399 e. The molecule has 1 heterocycles. The van der Waals surface area contributed by atoms with Crippen LogP contribution in [-0.4, -0.2) is 11.6 Å². The molecule has 1 amide bonds. The minimum absolute atomic E-state index is 0.0833. The molecule has 2 aliphatic rings. The third-order valence-electron chi connectivity index (χ3n) is 1.69. The summed E-state index contributed by atoms with van der Waals surface area (Å²) in [6, 6.07) is 0. The van der Waals surface area contributed by atoms with Gasteiger partial charge in [-0.05, 0) is 12.2 Å². The predicted octanol–water partition coefficient (Wildman–Crippen LogP) is -0.499. The van der Waals surface area contributed by atoms with E-state index >= 15 is 0 Å². The number of nitrogens with two attached hydrogens (primary N) is 1. The molecule has 0 bridgehead atoms. The fourth-order valence-electron chi connectivity index (χ4n) is 1.13. The molecule has 2 rings (SSSR count). The summed E-state index contributed by atoms with van der Waals surface area (Å²) >= 11 is 0. The van der Waals surface area contributed by atoms with Gasteiger partial charge < -0.3 is 5.73 Å². The van der Waals surface area contributed by atoms with E-state index in [9.17, 15) is 4.79 Å². The summed E-state index contributed by atoms with van der Waals surface area (Å²) < 4.78 is 0. The first-order valence-corrected chi connectivity index (χ1v) is 3.30. The molecule has 0 saturated carbocycles. The number of allylic oxidation sites excluding steroid dienone is 2. The highest BCUT2D eigenvalue weighted by molar-refractivity contribution is 6.15. The van der Waals surface area contributed by atoms with Gasteiger partial charge in [0.25, 0.3) is 5.91 Å². The highest BCUT2D eigenvalue weighted by Crippen LogP contribution is 2.15. The highest BCUT2D eigenvalue weighted by Gasteiger charge is 2.27. The summed E-state index contributed by atoms with van der Waals surface area (Å²) in [5.41, 5.74) is 9.21. The van der Waals surface area contributed by atoms with Gasteiger partial charge >= 0.3 is 0 Å². The van der Waals surface area contributed by atoms with Crippen molar-refractivity contribution in [3.63, 3.8) is 0 Å². The van der Waals surface area contributed by atoms with Crippen molar-refractivity contribution in [2.45, 2.75) is 0 Å². The molecule has 1 unspecified atom stereocenters. The van der Waals surface area contributed by atoms with Gasteiger partial charge in [-0.25, -0.2) is 5.43 Å². The molecular weight excluding hydrogens is 142 g/mol. The quantitative estimate of drug-likeness (QED) is 0.487. The third-order valence-corrected chi connectivity index (χ3v) is 1.69. The third kappa shape index (κ3) is 0.832. The summed E-state index contributed by atoms with van der Waals surface area (Å²) in [5, 5.41) is 3.80. The number of hydrogen-bond acceptors (Lipinski definition) is 3. The lowest BCUT2D eigenvalue weighted by Gasteiger charge is -2.06. The summed E-state index contributed by atoms with van der Waals surface area (Å²) in [5.74, 6) is -0.303. The fraction of sp³-hybridized carbons (Fsp3) is 0.143. The van der Waals surface area contributed by atoms with Gasteiger partial charge in [-0.3, -0.25) is 4.79 Å². The normalized spacial score (nSPS) is 27.3. The Hall–Kier alpha value is -1.58. The van der Waals surface area contributed by atoms with E-state index in [1.165, 1.54) is 0 Å². The lowest BCUT2D eigenvalue weighted by molar-refractivity contribution is -0.121. The number of nitrogens with one attached hydrogen (secondary N) is 1. The van der Waals surface area contributed by atoms with E-state index in [1.54, 1.807) is 18.2 Å². The van der Waals surface area contributed by atoms with Crippen molar-refractivity contribution >= 4 is 11.6 Å². The number of carbonyl (C=O) groups excluding carboxylic acids is 1. The standard InChI is InChI=1S/C7H7N3O/c8-4-1-2-5-6(3-4)9-10-7(5)11/h1-3,5H,8H2,(H,10,11). The van der Waals surface area contributed by atoms with Gasteiger partial charge in [0, 0.05) is 5.70 Å². The second kappa shape index (κ2) is 1.95. The number of nitrogens with zero attached hydrogens (tertiary/aromatic N) is 1. The van der Waals surface area contributed by atoms with Crippen molar-refractivity contribution in [1.29, 1.82) is 0 Å². The molecule has 4 nitrogen and oxygen atoms in total. The molecule has 1 aliphatic carbocycles. The van der Waals surface area contributed by atoms with E-state index in [0.717, 1.165) is 0 Å². The van der Waals surface area contributed by atoms with Crippen LogP contribution in [0.5, 0.6) is 0 Å². The van der Waals surface area contributed by atoms with Crippen LogP contribution in [0.3, 0.4) is 0 Å². The Bertz CT molecular complexity index is 301. The first kappa shape index (κ1) is 6.15. The Labute approximate surface area is 63.5 Å². The molecule has 0 aromatic carbocycles. The molecule has 0 radical (unpaired) electrons. The maximum atomic E-state index is 11.0. The van der Waals surface area contributed by atoms with Crippen LogP contribution in [0.15, 0.2) is 29.0 Å². The number of amides is 1. The average molecular weight is 149 g/mol. The van der Waals surface area contributed by atoms with Gasteiger partial charge in [0.1, 0.15) is 5.92 Å². The molecule has 56 valence electrons. The summed E-state index contributed by atoms with van der Waals surface area (Å²) in [6.45, 7) is 0. The average Bonchev–Trinajstić information content (AvgIpc) is 2.32. The first-order valence-electron chi connectivity index (χ1n) is 3.30. The molecule has 0 aromatic heterocycles. The van der Waals surface area contributed by atoms with Crippen molar-refractivity contribution in [2.24, 2.45) is 16.8 Å². The Morgan fingerprint density at radius 1 is 1.64 bits per heavy atom. The van der Waals surface area contributed by atoms with Crippen molar-refractivity contribution in [1.82, 2.24) is 5.43 Å². The lowest BCUT2D eigenvalue weighted by atomic mass is 9.98. The maximum absolute atomic E-state index is 11.0. The Kier molecular flexibility index (Phi) is 1.09. The number of fused-ring (bicyclic) bond motifs is 1. The van der Waals surface area contributed by atoms with Crippen molar-refractivity contribution < 1.29 is 4.79 Å². The van der Waals surface area contributed by atoms with Crippen LogP contribution in [0.25, 0.3) is 0 Å². The van der Waals surface area contributed by atoms with Gasteiger partial charge in [-0.2, -0.15) is 5.10 Å². The van der Waals surface area contributed by atoms with Crippen LogP contribution in [0, 0.1) is 5.92 Å².